The summed E-state index contributed by atoms with van der Waals surface area (Å²) in [5, 5.41) is 3.03. The summed E-state index contributed by atoms with van der Waals surface area (Å²) in [5.74, 6) is 0.736. The van der Waals surface area contributed by atoms with Crippen LogP contribution in [0.5, 0.6) is 0 Å². The topological polar surface area (TPSA) is 12.0 Å². The summed E-state index contributed by atoms with van der Waals surface area (Å²) < 4.78 is 12.8. The molecule has 0 aromatic rings. The standard InChI is InChI=1S/C7H14FN.ClH/c1-5(2)6-3-9-4-7(6)8;/h5-7,9H,3-4H2,1-2H3;1H. The molecule has 3 heteroatoms. The Kier molecular flexibility index (Phi) is 4.22. The van der Waals surface area contributed by atoms with Crippen LogP contribution in [0.4, 0.5) is 4.39 Å². The van der Waals surface area contributed by atoms with E-state index in [-0.39, 0.29) is 18.3 Å². The zero-order valence-electron chi connectivity index (χ0n) is 6.43. The van der Waals surface area contributed by atoms with Crippen molar-refractivity contribution in [3.8, 4) is 0 Å². The highest BCUT2D eigenvalue weighted by molar-refractivity contribution is 5.85. The Balaban J connectivity index is 0.000000810. The normalized spacial score (nSPS) is 32.4. The third-order valence-electron chi connectivity index (χ3n) is 2.04. The first-order chi connectivity index (χ1) is 4.22. The lowest BCUT2D eigenvalue weighted by atomic mass is 9.94. The van der Waals surface area contributed by atoms with E-state index in [4.69, 9.17) is 0 Å². The fourth-order valence-corrected chi connectivity index (χ4v) is 1.32. The zero-order chi connectivity index (χ0) is 6.85. The zero-order valence-corrected chi connectivity index (χ0v) is 7.25. The number of hydrogen-bond acceptors (Lipinski definition) is 1. The van der Waals surface area contributed by atoms with Crippen molar-refractivity contribution in [2.24, 2.45) is 11.8 Å². The van der Waals surface area contributed by atoms with Crippen LogP contribution in [-0.4, -0.2) is 19.3 Å². The van der Waals surface area contributed by atoms with Gasteiger partial charge in [-0.25, -0.2) is 4.39 Å². The Morgan fingerprint density at radius 3 is 2.20 bits per heavy atom. The van der Waals surface area contributed by atoms with E-state index in [1.807, 2.05) is 0 Å². The minimum Gasteiger partial charge on any atom is -0.313 e. The van der Waals surface area contributed by atoms with Gasteiger partial charge in [-0.3, -0.25) is 0 Å². The summed E-state index contributed by atoms with van der Waals surface area (Å²) in [6.45, 7) is 5.57. The molecular formula is C7H15ClFN. The number of alkyl halides is 1. The maximum absolute atomic E-state index is 12.8. The van der Waals surface area contributed by atoms with E-state index >= 15 is 0 Å². The first kappa shape index (κ1) is 10.2. The Morgan fingerprint density at radius 2 is 2.00 bits per heavy atom. The van der Waals surface area contributed by atoms with Crippen LogP contribution in [0.15, 0.2) is 0 Å². The van der Waals surface area contributed by atoms with Crippen LogP contribution in [0.1, 0.15) is 13.8 Å². The van der Waals surface area contributed by atoms with Gasteiger partial charge < -0.3 is 5.32 Å². The third-order valence-corrected chi connectivity index (χ3v) is 2.04. The molecule has 1 fully saturated rings. The highest BCUT2D eigenvalue weighted by Gasteiger charge is 2.28. The third kappa shape index (κ3) is 2.10. The van der Waals surface area contributed by atoms with E-state index in [1.54, 1.807) is 0 Å². The lowest BCUT2D eigenvalue weighted by Gasteiger charge is -2.14. The van der Waals surface area contributed by atoms with Gasteiger partial charge in [0.2, 0.25) is 0 Å². The predicted octanol–water partition coefficient (Wildman–Crippen LogP) is 1.62. The van der Waals surface area contributed by atoms with Gasteiger partial charge >= 0.3 is 0 Å². The van der Waals surface area contributed by atoms with Gasteiger partial charge in [0.05, 0.1) is 0 Å². The lowest BCUT2D eigenvalue weighted by molar-refractivity contribution is 0.234. The number of nitrogens with one attached hydrogen (secondary N) is 1. The summed E-state index contributed by atoms with van der Waals surface area (Å²) in [6, 6.07) is 0. The number of hydrogen-bond donors (Lipinski definition) is 1. The largest absolute Gasteiger partial charge is 0.313 e. The molecule has 0 amide bonds. The number of rotatable bonds is 1. The van der Waals surface area contributed by atoms with Gasteiger partial charge in [0.1, 0.15) is 6.17 Å². The molecule has 0 aromatic carbocycles. The first-order valence-electron chi connectivity index (χ1n) is 3.56. The second-order valence-corrected chi connectivity index (χ2v) is 3.08. The quantitative estimate of drug-likeness (QED) is 0.626. The van der Waals surface area contributed by atoms with Gasteiger partial charge in [-0.2, -0.15) is 0 Å². The molecule has 2 atom stereocenters. The van der Waals surface area contributed by atoms with Crippen LogP contribution in [-0.2, 0) is 0 Å². The van der Waals surface area contributed by atoms with E-state index in [1.165, 1.54) is 0 Å². The highest BCUT2D eigenvalue weighted by atomic mass is 35.5. The summed E-state index contributed by atoms with van der Waals surface area (Å²) in [6.07, 6.45) is -0.606. The molecule has 0 bridgehead atoms. The average molecular weight is 168 g/mol. The van der Waals surface area contributed by atoms with E-state index in [2.05, 4.69) is 19.2 Å². The Bertz CT molecular complexity index is 97.6. The molecule has 1 N–H and O–H groups in total. The van der Waals surface area contributed by atoms with Crippen LogP contribution in [0, 0.1) is 11.8 Å². The van der Waals surface area contributed by atoms with Crippen molar-refractivity contribution in [3.63, 3.8) is 0 Å². The molecule has 0 aliphatic carbocycles. The molecule has 1 rings (SSSR count). The summed E-state index contributed by atoms with van der Waals surface area (Å²) in [4.78, 5) is 0. The number of halogens is 2. The van der Waals surface area contributed by atoms with Crippen molar-refractivity contribution >= 4 is 12.4 Å². The first-order valence-corrected chi connectivity index (χ1v) is 3.56. The van der Waals surface area contributed by atoms with Crippen LogP contribution in [0.3, 0.4) is 0 Å². The Morgan fingerprint density at radius 1 is 1.40 bits per heavy atom. The van der Waals surface area contributed by atoms with Gasteiger partial charge in [0.15, 0.2) is 0 Å². The Hall–Kier alpha value is 0.180. The minimum atomic E-state index is -0.606. The van der Waals surface area contributed by atoms with Gasteiger partial charge in [-0.15, -0.1) is 12.4 Å². The van der Waals surface area contributed by atoms with E-state index in [0.717, 1.165) is 6.54 Å². The van der Waals surface area contributed by atoms with Crippen molar-refractivity contribution in [3.05, 3.63) is 0 Å². The second kappa shape index (κ2) is 4.14. The fraction of sp³-hybridized carbons (Fsp3) is 1.00. The Labute approximate surface area is 67.8 Å². The summed E-state index contributed by atoms with van der Waals surface area (Å²) in [7, 11) is 0. The van der Waals surface area contributed by atoms with E-state index in [0.29, 0.717) is 12.5 Å². The molecule has 10 heavy (non-hydrogen) atoms. The molecule has 2 unspecified atom stereocenters. The van der Waals surface area contributed by atoms with Crippen LogP contribution >= 0.6 is 12.4 Å². The smallest absolute Gasteiger partial charge is 0.117 e. The van der Waals surface area contributed by atoms with Crippen molar-refractivity contribution in [1.82, 2.24) is 5.32 Å². The molecule has 0 radical (unpaired) electrons. The van der Waals surface area contributed by atoms with Gasteiger partial charge in [0.25, 0.3) is 0 Å². The maximum atomic E-state index is 12.8. The summed E-state index contributed by atoms with van der Waals surface area (Å²) in [5.41, 5.74) is 0. The molecular weight excluding hydrogens is 153 g/mol. The molecule has 1 heterocycles. The predicted molar refractivity (Wildman–Crippen MR) is 43.3 cm³/mol. The van der Waals surface area contributed by atoms with Crippen molar-refractivity contribution in [2.75, 3.05) is 13.1 Å². The molecule has 0 spiro atoms. The SMILES string of the molecule is CC(C)C1CNCC1F.Cl. The molecule has 1 aliphatic rings. The maximum Gasteiger partial charge on any atom is 0.117 e. The molecule has 1 nitrogen and oxygen atoms in total. The van der Waals surface area contributed by atoms with Gasteiger partial charge in [-0.05, 0) is 5.92 Å². The molecule has 0 aromatic heterocycles. The second-order valence-electron chi connectivity index (χ2n) is 3.08. The van der Waals surface area contributed by atoms with Crippen LogP contribution in [0.2, 0.25) is 0 Å². The lowest BCUT2D eigenvalue weighted by Crippen LogP contribution is -2.18. The molecule has 1 aliphatic heterocycles. The average Bonchev–Trinajstić information content (AvgIpc) is 2.13. The van der Waals surface area contributed by atoms with Crippen LogP contribution in [0.25, 0.3) is 0 Å². The van der Waals surface area contributed by atoms with Crippen LogP contribution < -0.4 is 5.32 Å². The monoisotopic (exact) mass is 167 g/mol. The van der Waals surface area contributed by atoms with Gasteiger partial charge in [-0.1, -0.05) is 13.8 Å². The fourth-order valence-electron chi connectivity index (χ4n) is 1.32. The molecule has 62 valence electrons. The van der Waals surface area contributed by atoms with Crippen molar-refractivity contribution in [1.29, 1.82) is 0 Å². The van der Waals surface area contributed by atoms with Crippen molar-refractivity contribution < 1.29 is 4.39 Å². The van der Waals surface area contributed by atoms with Crippen molar-refractivity contribution in [2.45, 2.75) is 20.0 Å². The van der Waals surface area contributed by atoms with E-state index in [9.17, 15) is 4.39 Å². The minimum absolute atomic E-state index is 0. The van der Waals surface area contributed by atoms with Gasteiger partial charge in [0, 0.05) is 19.0 Å². The van der Waals surface area contributed by atoms with E-state index < -0.39 is 6.17 Å². The summed E-state index contributed by atoms with van der Waals surface area (Å²) >= 11 is 0. The molecule has 1 saturated heterocycles. The highest BCUT2D eigenvalue weighted by Crippen LogP contribution is 2.20. The molecule has 0 saturated carbocycles.